The highest BCUT2D eigenvalue weighted by molar-refractivity contribution is 6.39. The van der Waals surface area contributed by atoms with Crippen molar-refractivity contribution in [3.05, 3.63) is 107 Å². The Morgan fingerprint density at radius 3 is 2.47 bits per heavy atom. The Morgan fingerprint density at radius 2 is 1.69 bits per heavy atom. The molecule has 0 unspecified atom stereocenters. The number of phenolic OH excluding ortho intramolecular Hbond substituents is 1. The van der Waals surface area contributed by atoms with Crippen molar-refractivity contribution in [1.29, 1.82) is 0 Å². The summed E-state index contributed by atoms with van der Waals surface area (Å²) in [5.41, 5.74) is 0.990. The van der Waals surface area contributed by atoms with Gasteiger partial charge < -0.3 is 9.84 Å². The molecule has 4 aromatic rings. The summed E-state index contributed by atoms with van der Waals surface area (Å²) in [4.78, 5) is 39.4. The van der Waals surface area contributed by atoms with Crippen molar-refractivity contribution < 1.29 is 28.6 Å². The number of anilines is 1. The molecule has 2 N–H and O–H groups in total. The van der Waals surface area contributed by atoms with Gasteiger partial charge in [-0.05, 0) is 64.9 Å². The lowest BCUT2D eigenvalue weighted by molar-refractivity contribution is -0.122. The van der Waals surface area contributed by atoms with Gasteiger partial charge in [0, 0.05) is 5.56 Å². The maximum absolute atomic E-state index is 13.6. The molecule has 7 nitrogen and oxygen atoms in total. The summed E-state index contributed by atoms with van der Waals surface area (Å²) < 4.78 is 19.6. The minimum absolute atomic E-state index is 0.0358. The highest BCUT2D eigenvalue weighted by Crippen LogP contribution is 2.32. The molecule has 0 saturated carbocycles. The van der Waals surface area contributed by atoms with Gasteiger partial charge in [-0.15, -0.1) is 0 Å². The molecule has 0 atom stereocenters. The normalized spacial score (nSPS) is 14.9. The molecule has 8 heteroatoms. The number of ether oxygens (including phenoxy) is 1. The number of barbiturate groups is 1. The highest BCUT2D eigenvalue weighted by Gasteiger charge is 2.37. The minimum atomic E-state index is -0.895. The van der Waals surface area contributed by atoms with Crippen molar-refractivity contribution in [3.63, 3.8) is 0 Å². The van der Waals surface area contributed by atoms with E-state index in [9.17, 15) is 23.9 Å². The van der Waals surface area contributed by atoms with Gasteiger partial charge in [0.15, 0.2) is 0 Å². The van der Waals surface area contributed by atoms with Crippen LogP contribution in [-0.4, -0.2) is 23.0 Å². The summed E-state index contributed by atoms with van der Waals surface area (Å²) >= 11 is 0. The summed E-state index contributed by atoms with van der Waals surface area (Å²) in [5, 5.41) is 13.3. The van der Waals surface area contributed by atoms with E-state index < -0.39 is 17.8 Å². The summed E-state index contributed by atoms with van der Waals surface area (Å²) in [6.07, 6.45) is 1.39. The third-order valence-corrected chi connectivity index (χ3v) is 5.71. The summed E-state index contributed by atoms with van der Waals surface area (Å²) in [7, 11) is 0. The van der Waals surface area contributed by atoms with Crippen LogP contribution in [0.25, 0.3) is 16.8 Å². The number of phenols is 1. The van der Waals surface area contributed by atoms with Gasteiger partial charge in [-0.2, -0.15) is 0 Å². The number of amides is 4. The molecule has 4 amide bonds. The molecule has 5 rings (SSSR count). The number of hydrogen-bond acceptors (Lipinski definition) is 5. The molecule has 0 bridgehead atoms. The molecule has 36 heavy (non-hydrogen) atoms. The Hall–Kier alpha value is -4.98. The number of carbonyl (C=O) groups is 3. The Kier molecular flexibility index (Phi) is 5.92. The van der Waals surface area contributed by atoms with Crippen LogP contribution in [0.5, 0.6) is 11.5 Å². The van der Waals surface area contributed by atoms with E-state index in [2.05, 4.69) is 5.32 Å². The minimum Gasteiger partial charge on any atom is -0.508 e. The molecule has 0 radical (unpaired) electrons. The molecule has 4 aromatic carbocycles. The van der Waals surface area contributed by atoms with Gasteiger partial charge in [0.1, 0.15) is 29.5 Å². The van der Waals surface area contributed by atoms with Crippen molar-refractivity contribution in [1.82, 2.24) is 5.32 Å². The van der Waals surface area contributed by atoms with Gasteiger partial charge in [-0.3, -0.25) is 14.9 Å². The van der Waals surface area contributed by atoms with Gasteiger partial charge in [0.05, 0.1) is 5.69 Å². The van der Waals surface area contributed by atoms with Crippen molar-refractivity contribution >= 4 is 40.4 Å². The lowest BCUT2D eigenvalue weighted by Crippen LogP contribution is -2.54. The zero-order valence-corrected chi connectivity index (χ0v) is 18.8. The van der Waals surface area contributed by atoms with E-state index >= 15 is 0 Å². The number of halogens is 1. The fourth-order valence-electron chi connectivity index (χ4n) is 3.98. The number of carbonyl (C=O) groups excluding carboxylic acids is 3. The number of benzene rings is 4. The van der Waals surface area contributed by atoms with E-state index in [-0.39, 0.29) is 29.4 Å². The smallest absolute Gasteiger partial charge is 0.335 e. The molecule has 1 fully saturated rings. The fourth-order valence-corrected chi connectivity index (χ4v) is 3.98. The molecule has 0 spiro atoms. The Labute approximate surface area is 205 Å². The van der Waals surface area contributed by atoms with E-state index in [1.165, 1.54) is 42.5 Å². The molecule has 0 aromatic heterocycles. The average molecular weight is 482 g/mol. The first-order valence-corrected chi connectivity index (χ1v) is 11.0. The van der Waals surface area contributed by atoms with Crippen LogP contribution in [0.2, 0.25) is 0 Å². The summed E-state index contributed by atoms with van der Waals surface area (Å²) in [6, 6.07) is 21.5. The lowest BCUT2D eigenvalue weighted by atomic mass is 9.99. The highest BCUT2D eigenvalue weighted by atomic mass is 19.1. The first-order valence-electron chi connectivity index (χ1n) is 11.0. The van der Waals surface area contributed by atoms with Crippen molar-refractivity contribution in [2.75, 3.05) is 4.90 Å². The van der Waals surface area contributed by atoms with Crippen molar-refractivity contribution in [2.24, 2.45) is 0 Å². The lowest BCUT2D eigenvalue weighted by Gasteiger charge is -2.26. The number of aromatic hydroxyl groups is 1. The van der Waals surface area contributed by atoms with Crippen molar-refractivity contribution in [2.45, 2.75) is 6.61 Å². The Bertz CT molecular complexity index is 1550. The molecular weight excluding hydrogens is 463 g/mol. The van der Waals surface area contributed by atoms with E-state index in [0.717, 1.165) is 15.7 Å². The van der Waals surface area contributed by atoms with E-state index in [4.69, 9.17) is 4.74 Å². The van der Waals surface area contributed by atoms with Crippen LogP contribution in [0.1, 0.15) is 11.1 Å². The second-order valence-electron chi connectivity index (χ2n) is 8.09. The van der Waals surface area contributed by atoms with Gasteiger partial charge in [-0.25, -0.2) is 14.1 Å². The number of nitrogens with zero attached hydrogens (tertiary/aromatic N) is 1. The third-order valence-electron chi connectivity index (χ3n) is 5.71. The molecule has 0 aliphatic carbocycles. The summed E-state index contributed by atoms with van der Waals surface area (Å²) in [5.74, 6) is -1.71. The van der Waals surface area contributed by atoms with Gasteiger partial charge in [-0.1, -0.05) is 42.5 Å². The Morgan fingerprint density at radius 1 is 0.917 bits per heavy atom. The number of hydrogen-bond donors (Lipinski definition) is 2. The van der Waals surface area contributed by atoms with Crippen molar-refractivity contribution in [3.8, 4) is 11.5 Å². The number of fused-ring (bicyclic) bond motifs is 1. The molecule has 178 valence electrons. The SMILES string of the molecule is O=C1NC(=O)N(c2ccc(O)cc2)C(=O)/C1=C/c1c(OCc2cccc(F)c2)ccc2ccccc12. The third kappa shape index (κ3) is 4.39. The van der Waals surface area contributed by atoms with Gasteiger partial charge in [0.25, 0.3) is 11.8 Å². The monoisotopic (exact) mass is 482 g/mol. The molecule has 1 heterocycles. The van der Waals surface area contributed by atoms with Gasteiger partial charge >= 0.3 is 6.03 Å². The predicted molar refractivity (Wildman–Crippen MR) is 132 cm³/mol. The summed E-state index contributed by atoms with van der Waals surface area (Å²) in [6.45, 7) is 0.0601. The Balaban J connectivity index is 1.58. The maximum atomic E-state index is 13.6. The molecule has 1 saturated heterocycles. The second kappa shape index (κ2) is 9.34. The van der Waals surface area contributed by atoms with Crippen LogP contribution in [0, 0.1) is 5.82 Å². The van der Waals surface area contributed by atoms with Crippen LogP contribution in [0.15, 0.2) is 90.5 Å². The largest absolute Gasteiger partial charge is 0.508 e. The number of urea groups is 1. The topological polar surface area (TPSA) is 95.9 Å². The number of imide groups is 2. The maximum Gasteiger partial charge on any atom is 0.335 e. The zero-order valence-electron chi connectivity index (χ0n) is 18.8. The molecule has 1 aliphatic rings. The first kappa shape index (κ1) is 22.8. The molecular formula is C28H19FN2O5. The fraction of sp³-hybridized carbons (Fsp3) is 0.0357. The van der Waals surface area contributed by atoms with Crippen LogP contribution >= 0.6 is 0 Å². The standard InChI is InChI=1S/C28H19FN2O5/c29-19-6-3-4-17(14-19)16-36-25-13-8-18-5-1-2-7-22(18)23(25)15-24-26(33)30-28(35)31(27(24)34)20-9-11-21(32)12-10-20/h1-15,32H,16H2,(H,30,33,35)/b24-15+. The van der Waals surface area contributed by atoms with Gasteiger partial charge in [0.2, 0.25) is 0 Å². The number of rotatable bonds is 5. The predicted octanol–water partition coefficient (Wildman–Crippen LogP) is 4.93. The zero-order chi connectivity index (χ0) is 25.2. The quantitative estimate of drug-likeness (QED) is 0.311. The van der Waals surface area contributed by atoms with E-state index in [0.29, 0.717) is 16.9 Å². The van der Waals surface area contributed by atoms with E-state index in [1.54, 1.807) is 18.2 Å². The van der Waals surface area contributed by atoms with Crippen LogP contribution in [0.3, 0.4) is 0 Å². The van der Waals surface area contributed by atoms with Crippen LogP contribution in [-0.2, 0) is 16.2 Å². The van der Waals surface area contributed by atoms with E-state index in [1.807, 2.05) is 30.3 Å². The van der Waals surface area contributed by atoms with Crippen LogP contribution in [0.4, 0.5) is 14.9 Å². The number of nitrogens with one attached hydrogen (secondary N) is 1. The second-order valence-corrected chi connectivity index (χ2v) is 8.09. The van der Waals surface area contributed by atoms with Crippen LogP contribution < -0.4 is 15.0 Å². The first-order chi connectivity index (χ1) is 17.4. The average Bonchev–Trinajstić information content (AvgIpc) is 2.86. The molecule has 1 aliphatic heterocycles.